The zero-order chi connectivity index (χ0) is 10.8. The Balaban J connectivity index is 2.08. The van der Waals surface area contributed by atoms with Crippen LogP contribution in [-0.2, 0) is 0 Å². The molecule has 1 saturated heterocycles. The zero-order valence-electron chi connectivity index (χ0n) is 8.68. The van der Waals surface area contributed by atoms with Crippen LogP contribution in [-0.4, -0.2) is 44.8 Å². The van der Waals surface area contributed by atoms with Gasteiger partial charge in [0, 0.05) is 18.6 Å². The molecule has 1 amide bonds. The molecular formula is C9H15N5O. The maximum atomic E-state index is 11.9. The van der Waals surface area contributed by atoms with E-state index in [9.17, 15) is 4.79 Å². The first-order chi connectivity index (χ1) is 7.18. The Kier molecular flexibility index (Phi) is 2.68. The summed E-state index contributed by atoms with van der Waals surface area (Å²) >= 11 is 0. The van der Waals surface area contributed by atoms with Crippen LogP contribution in [0.15, 0.2) is 6.20 Å². The summed E-state index contributed by atoms with van der Waals surface area (Å²) in [5, 5.41) is 9.86. The lowest BCUT2D eigenvalue weighted by Crippen LogP contribution is -2.48. The molecule has 1 aromatic rings. The third-order valence-corrected chi connectivity index (χ3v) is 2.81. The molecule has 2 heterocycles. The molecule has 1 fully saturated rings. The predicted octanol–water partition coefficient (Wildman–Crippen LogP) is -0.243. The lowest BCUT2D eigenvalue weighted by Gasteiger charge is -2.35. The van der Waals surface area contributed by atoms with Gasteiger partial charge >= 0.3 is 0 Å². The molecule has 2 unspecified atom stereocenters. The standard InChI is InChI=1S/C9H15N5O/c1-6-4-7(10)2-3-14(6)9(15)8-5-11-13-12-8/h5-7H,2-4,10H2,1H3,(H,11,12,13). The van der Waals surface area contributed by atoms with Gasteiger partial charge in [-0.25, -0.2) is 0 Å². The summed E-state index contributed by atoms with van der Waals surface area (Å²) in [5.74, 6) is -0.0665. The second-order valence-corrected chi connectivity index (χ2v) is 3.99. The number of likely N-dealkylation sites (tertiary alicyclic amines) is 1. The van der Waals surface area contributed by atoms with E-state index in [4.69, 9.17) is 5.73 Å². The third kappa shape index (κ3) is 1.99. The molecule has 0 aromatic carbocycles. The normalized spacial score (nSPS) is 26.7. The molecule has 0 aliphatic carbocycles. The van der Waals surface area contributed by atoms with Crippen LogP contribution < -0.4 is 5.73 Å². The Morgan fingerprint density at radius 3 is 3.13 bits per heavy atom. The van der Waals surface area contributed by atoms with Gasteiger partial charge in [0.2, 0.25) is 0 Å². The monoisotopic (exact) mass is 209 g/mol. The molecule has 6 heteroatoms. The second kappa shape index (κ2) is 3.98. The summed E-state index contributed by atoms with van der Waals surface area (Å²) in [6.45, 7) is 2.71. The summed E-state index contributed by atoms with van der Waals surface area (Å²) in [6.07, 6.45) is 3.15. The highest BCUT2D eigenvalue weighted by Gasteiger charge is 2.28. The average molecular weight is 209 g/mol. The van der Waals surface area contributed by atoms with Crippen molar-refractivity contribution in [2.75, 3.05) is 6.54 Å². The van der Waals surface area contributed by atoms with E-state index in [1.165, 1.54) is 6.20 Å². The fourth-order valence-electron chi connectivity index (χ4n) is 1.96. The Morgan fingerprint density at radius 1 is 1.73 bits per heavy atom. The van der Waals surface area contributed by atoms with Gasteiger partial charge in [-0.1, -0.05) is 0 Å². The summed E-state index contributed by atoms with van der Waals surface area (Å²) in [4.78, 5) is 13.7. The minimum absolute atomic E-state index is 0.0665. The Morgan fingerprint density at radius 2 is 2.53 bits per heavy atom. The van der Waals surface area contributed by atoms with E-state index in [0.717, 1.165) is 12.8 Å². The number of aromatic nitrogens is 3. The van der Waals surface area contributed by atoms with Crippen LogP contribution in [0.25, 0.3) is 0 Å². The summed E-state index contributed by atoms with van der Waals surface area (Å²) < 4.78 is 0. The molecule has 82 valence electrons. The van der Waals surface area contributed by atoms with Crippen molar-refractivity contribution in [3.05, 3.63) is 11.9 Å². The molecule has 1 aromatic heterocycles. The number of nitrogens with zero attached hydrogens (tertiary/aromatic N) is 3. The van der Waals surface area contributed by atoms with E-state index in [1.807, 2.05) is 6.92 Å². The lowest BCUT2D eigenvalue weighted by atomic mass is 9.99. The molecule has 15 heavy (non-hydrogen) atoms. The number of aromatic amines is 1. The molecule has 2 rings (SSSR count). The van der Waals surface area contributed by atoms with E-state index < -0.39 is 0 Å². The quantitative estimate of drug-likeness (QED) is 0.668. The molecule has 0 radical (unpaired) electrons. The number of piperidine rings is 1. The van der Waals surface area contributed by atoms with E-state index in [0.29, 0.717) is 12.2 Å². The maximum Gasteiger partial charge on any atom is 0.276 e. The first-order valence-electron chi connectivity index (χ1n) is 5.11. The van der Waals surface area contributed by atoms with Gasteiger partial charge < -0.3 is 10.6 Å². The maximum absolute atomic E-state index is 11.9. The van der Waals surface area contributed by atoms with Crippen LogP contribution in [0.2, 0.25) is 0 Å². The van der Waals surface area contributed by atoms with Crippen molar-refractivity contribution < 1.29 is 4.79 Å². The molecule has 6 nitrogen and oxygen atoms in total. The van der Waals surface area contributed by atoms with E-state index in [1.54, 1.807) is 4.90 Å². The van der Waals surface area contributed by atoms with Gasteiger partial charge in [0.15, 0.2) is 5.69 Å². The van der Waals surface area contributed by atoms with Crippen molar-refractivity contribution in [2.24, 2.45) is 5.73 Å². The fourth-order valence-corrected chi connectivity index (χ4v) is 1.96. The van der Waals surface area contributed by atoms with E-state index >= 15 is 0 Å². The summed E-state index contributed by atoms with van der Waals surface area (Å²) in [5.41, 5.74) is 6.21. The smallest absolute Gasteiger partial charge is 0.276 e. The zero-order valence-corrected chi connectivity index (χ0v) is 8.68. The van der Waals surface area contributed by atoms with Crippen molar-refractivity contribution in [3.8, 4) is 0 Å². The number of hydrogen-bond acceptors (Lipinski definition) is 4. The van der Waals surface area contributed by atoms with Gasteiger partial charge in [-0.3, -0.25) is 4.79 Å². The van der Waals surface area contributed by atoms with Crippen LogP contribution in [0.4, 0.5) is 0 Å². The van der Waals surface area contributed by atoms with Crippen LogP contribution in [0, 0.1) is 0 Å². The van der Waals surface area contributed by atoms with Gasteiger partial charge in [-0.2, -0.15) is 15.4 Å². The first-order valence-corrected chi connectivity index (χ1v) is 5.11. The SMILES string of the molecule is CC1CC(N)CCN1C(=O)c1cn[nH]n1. The van der Waals surface area contributed by atoms with Crippen molar-refractivity contribution in [2.45, 2.75) is 31.8 Å². The highest BCUT2D eigenvalue weighted by molar-refractivity contribution is 5.92. The molecule has 0 saturated carbocycles. The van der Waals surface area contributed by atoms with E-state index in [2.05, 4.69) is 15.4 Å². The second-order valence-electron chi connectivity index (χ2n) is 3.99. The van der Waals surface area contributed by atoms with Gasteiger partial charge in [0.05, 0.1) is 6.20 Å². The number of amides is 1. The van der Waals surface area contributed by atoms with Crippen LogP contribution in [0.5, 0.6) is 0 Å². The minimum atomic E-state index is -0.0665. The first kappa shape index (κ1) is 10.1. The molecule has 1 aliphatic heterocycles. The summed E-state index contributed by atoms with van der Waals surface area (Å²) in [7, 11) is 0. The van der Waals surface area contributed by atoms with E-state index in [-0.39, 0.29) is 18.0 Å². The average Bonchev–Trinajstić information content (AvgIpc) is 2.69. The van der Waals surface area contributed by atoms with Crippen LogP contribution >= 0.6 is 0 Å². The topological polar surface area (TPSA) is 87.9 Å². The molecule has 1 aliphatic rings. The number of hydrogen-bond donors (Lipinski definition) is 2. The fraction of sp³-hybridized carbons (Fsp3) is 0.667. The third-order valence-electron chi connectivity index (χ3n) is 2.81. The summed E-state index contributed by atoms with van der Waals surface area (Å²) in [6, 6.07) is 0.388. The van der Waals surface area contributed by atoms with Crippen molar-refractivity contribution in [3.63, 3.8) is 0 Å². The number of nitrogens with two attached hydrogens (primary N) is 1. The van der Waals surface area contributed by atoms with Crippen molar-refractivity contribution >= 4 is 5.91 Å². The molecular weight excluding hydrogens is 194 g/mol. The van der Waals surface area contributed by atoms with Gasteiger partial charge in [-0.15, -0.1) is 0 Å². The predicted molar refractivity (Wildman–Crippen MR) is 54.1 cm³/mol. The molecule has 2 atom stereocenters. The number of rotatable bonds is 1. The minimum Gasteiger partial charge on any atom is -0.334 e. The highest BCUT2D eigenvalue weighted by atomic mass is 16.2. The number of carbonyl (C=O) groups is 1. The Bertz CT molecular complexity index is 336. The number of nitrogens with one attached hydrogen (secondary N) is 1. The Hall–Kier alpha value is -1.43. The largest absolute Gasteiger partial charge is 0.334 e. The van der Waals surface area contributed by atoms with Crippen molar-refractivity contribution in [1.29, 1.82) is 0 Å². The van der Waals surface area contributed by atoms with Crippen LogP contribution in [0.1, 0.15) is 30.3 Å². The van der Waals surface area contributed by atoms with Gasteiger partial charge in [0.25, 0.3) is 5.91 Å². The van der Waals surface area contributed by atoms with Gasteiger partial charge in [-0.05, 0) is 19.8 Å². The molecule has 0 bridgehead atoms. The number of H-pyrrole nitrogens is 1. The highest BCUT2D eigenvalue weighted by Crippen LogP contribution is 2.17. The molecule has 0 spiro atoms. The van der Waals surface area contributed by atoms with Crippen molar-refractivity contribution in [1.82, 2.24) is 20.3 Å². The molecule has 3 N–H and O–H groups in total. The van der Waals surface area contributed by atoms with Gasteiger partial charge in [0.1, 0.15) is 0 Å². The Labute approximate surface area is 87.8 Å². The number of carbonyl (C=O) groups excluding carboxylic acids is 1. The lowest BCUT2D eigenvalue weighted by molar-refractivity contribution is 0.0613. The van der Waals surface area contributed by atoms with Crippen LogP contribution in [0.3, 0.4) is 0 Å².